The van der Waals surface area contributed by atoms with Crippen molar-refractivity contribution in [3.05, 3.63) is 81.8 Å². The van der Waals surface area contributed by atoms with Crippen molar-refractivity contribution >= 4 is 45.1 Å². The summed E-state index contributed by atoms with van der Waals surface area (Å²) in [7, 11) is 0. The Labute approximate surface area is 215 Å². The number of aryl methyl sites for hydroxylation is 2. The molecule has 35 heavy (non-hydrogen) atoms. The molecule has 0 saturated heterocycles. The van der Waals surface area contributed by atoms with Gasteiger partial charge in [-0.3, -0.25) is 14.2 Å². The average molecular weight is 551 g/mol. The zero-order valence-electron chi connectivity index (χ0n) is 19.4. The third-order valence-electron chi connectivity index (χ3n) is 5.31. The number of aromatic nitrogens is 3. The second-order valence-electron chi connectivity index (χ2n) is 8.07. The van der Waals surface area contributed by atoms with Gasteiger partial charge < -0.3 is 10.4 Å². The Balaban J connectivity index is 1.65. The predicted octanol–water partition coefficient (Wildman–Crippen LogP) is 5.95. The summed E-state index contributed by atoms with van der Waals surface area (Å²) in [6, 6.07) is 18.0. The van der Waals surface area contributed by atoms with Crippen LogP contribution in [0.1, 0.15) is 28.4 Å². The van der Waals surface area contributed by atoms with E-state index in [-0.39, 0.29) is 23.2 Å². The van der Waals surface area contributed by atoms with Gasteiger partial charge in [0.1, 0.15) is 5.75 Å². The first-order valence-corrected chi connectivity index (χ1v) is 12.6. The number of nitrogens with one attached hydrogen (secondary N) is 1. The Bertz CT molecular complexity index is 1430. The smallest absolute Gasteiger partial charge is 0.234 e. The molecule has 9 heteroatoms. The van der Waals surface area contributed by atoms with Gasteiger partial charge in [0.25, 0.3) is 0 Å². The minimum atomic E-state index is -0.238. The van der Waals surface area contributed by atoms with E-state index in [9.17, 15) is 14.7 Å². The maximum atomic E-state index is 12.7. The Morgan fingerprint density at radius 2 is 1.86 bits per heavy atom. The van der Waals surface area contributed by atoms with Crippen molar-refractivity contribution in [2.75, 3.05) is 11.1 Å². The van der Waals surface area contributed by atoms with Crippen LogP contribution in [-0.2, 0) is 4.79 Å². The minimum absolute atomic E-state index is 0.0691. The Hall–Kier alpha value is -3.43. The molecule has 0 radical (unpaired) electrons. The van der Waals surface area contributed by atoms with Crippen molar-refractivity contribution in [3.8, 4) is 22.8 Å². The number of phenolic OH excluding ortho intramolecular Hbond substituents is 1. The zero-order chi connectivity index (χ0) is 25.1. The highest BCUT2D eigenvalue weighted by molar-refractivity contribution is 9.10. The fourth-order valence-corrected chi connectivity index (χ4v) is 4.75. The molecule has 4 rings (SSSR count). The molecule has 2 N–H and O–H groups in total. The lowest BCUT2D eigenvalue weighted by molar-refractivity contribution is -0.113. The summed E-state index contributed by atoms with van der Waals surface area (Å²) in [6.07, 6.45) is 0. The molecule has 0 spiro atoms. The van der Waals surface area contributed by atoms with Gasteiger partial charge in [-0.05, 0) is 62.7 Å². The predicted molar refractivity (Wildman–Crippen MR) is 141 cm³/mol. The number of carbonyl (C=O) groups excluding carboxylic acids is 2. The summed E-state index contributed by atoms with van der Waals surface area (Å²) in [5.74, 6) is 0.315. The van der Waals surface area contributed by atoms with Crippen LogP contribution in [0.15, 0.2) is 70.3 Å². The second kappa shape index (κ2) is 10.5. The van der Waals surface area contributed by atoms with Crippen LogP contribution in [0, 0.1) is 13.8 Å². The van der Waals surface area contributed by atoms with Gasteiger partial charge in [0.2, 0.25) is 5.91 Å². The van der Waals surface area contributed by atoms with E-state index in [4.69, 9.17) is 0 Å². The highest BCUT2D eigenvalue weighted by Crippen LogP contribution is 2.35. The molecule has 0 fully saturated rings. The molecular weight excluding hydrogens is 528 g/mol. The van der Waals surface area contributed by atoms with Gasteiger partial charge in [-0.15, -0.1) is 10.2 Å². The number of ketones is 1. The fraction of sp³-hybridized carbons (Fsp3) is 0.154. The molecule has 178 valence electrons. The van der Waals surface area contributed by atoms with Gasteiger partial charge in [0.05, 0.1) is 17.0 Å². The molecule has 7 nitrogen and oxygen atoms in total. The van der Waals surface area contributed by atoms with Gasteiger partial charge in [0.15, 0.2) is 16.8 Å². The summed E-state index contributed by atoms with van der Waals surface area (Å²) in [5.41, 5.74) is 4.58. The monoisotopic (exact) mass is 550 g/mol. The van der Waals surface area contributed by atoms with Gasteiger partial charge in [0, 0.05) is 15.7 Å². The van der Waals surface area contributed by atoms with E-state index in [1.807, 2.05) is 30.5 Å². The number of nitrogens with zero attached hydrogens (tertiary/aromatic N) is 3. The molecule has 1 heterocycles. The topological polar surface area (TPSA) is 97.1 Å². The molecule has 0 aliphatic carbocycles. The van der Waals surface area contributed by atoms with Crippen molar-refractivity contribution < 1.29 is 14.7 Å². The summed E-state index contributed by atoms with van der Waals surface area (Å²) >= 11 is 4.69. The van der Waals surface area contributed by atoms with E-state index < -0.39 is 0 Å². The van der Waals surface area contributed by atoms with Crippen LogP contribution in [0.25, 0.3) is 17.1 Å². The van der Waals surface area contributed by atoms with Crippen molar-refractivity contribution in [1.29, 1.82) is 0 Å². The van der Waals surface area contributed by atoms with E-state index in [0.29, 0.717) is 27.8 Å². The Morgan fingerprint density at radius 1 is 1.06 bits per heavy atom. The van der Waals surface area contributed by atoms with Crippen molar-refractivity contribution in [1.82, 2.24) is 14.8 Å². The molecule has 0 aliphatic heterocycles. The van der Waals surface area contributed by atoms with Gasteiger partial charge in [-0.2, -0.15) is 0 Å². The van der Waals surface area contributed by atoms with E-state index in [0.717, 1.165) is 21.3 Å². The molecule has 4 aromatic rings. The molecule has 0 unspecified atom stereocenters. The highest BCUT2D eigenvalue weighted by atomic mass is 79.9. The largest absolute Gasteiger partial charge is 0.507 e. The molecule has 0 bridgehead atoms. The van der Waals surface area contributed by atoms with Crippen molar-refractivity contribution in [3.63, 3.8) is 0 Å². The number of benzene rings is 3. The number of thioether (sulfide) groups is 1. The molecule has 0 aliphatic rings. The van der Waals surface area contributed by atoms with Crippen LogP contribution in [0.5, 0.6) is 5.75 Å². The van der Waals surface area contributed by atoms with E-state index in [1.54, 1.807) is 42.5 Å². The van der Waals surface area contributed by atoms with Crippen LogP contribution in [0.4, 0.5) is 5.69 Å². The molecule has 1 aromatic heterocycles. The quantitative estimate of drug-likeness (QED) is 0.218. The standard InChI is InChI=1S/C26H23BrN4O3S/c1-15-7-9-22(16(2)11-15)31-25(21-13-19(27)8-10-23(21)33)29-30-26(31)35-14-24(34)28-20-6-4-5-18(12-20)17(3)32/h4-13,33H,14H2,1-3H3,(H,28,34). The first-order valence-electron chi connectivity index (χ1n) is 10.8. The summed E-state index contributed by atoms with van der Waals surface area (Å²) in [6.45, 7) is 5.50. The lowest BCUT2D eigenvalue weighted by Crippen LogP contribution is -2.15. The molecule has 0 saturated carbocycles. The minimum Gasteiger partial charge on any atom is -0.507 e. The third kappa shape index (κ3) is 5.63. The van der Waals surface area contributed by atoms with E-state index in [2.05, 4.69) is 37.5 Å². The van der Waals surface area contributed by atoms with Crippen molar-refractivity contribution in [2.45, 2.75) is 25.9 Å². The number of aromatic hydroxyl groups is 1. The average Bonchev–Trinajstić information content (AvgIpc) is 3.23. The summed E-state index contributed by atoms with van der Waals surface area (Å²) < 4.78 is 2.65. The first kappa shape index (κ1) is 24.7. The first-order chi connectivity index (χ1) is 16.7. The second-order valence-corrected chi connectivity index (χ2v) is 9.93. The maximum Gasteiger partial charge on any atom is 0.234 e. The molecule has 0 atom stereocenters. The summed E-state index contributed by atoms with van der Waals surface area (Å²) in [4.78, 5) is 24.3. The lowest BCUT2D eigenvalue weighted by Gasteiger charge is -2.14. The van der Waals surface area contributed by atoms with Crippen molar-refractivity contribution in [2.24, 2.45) is 0 Å². The van der Waals surface area contributed by atoms with Crippen LogP contribution in [-0.4, -0.2) is 37.3 Å². The molecular formula is C26H23BrN4O3S. The van der Waals surface area contributed by atoms with E-state index in [1.165, 1.54) is 18.7 Å². The number of phenols is 1. The normalized spacial score (nSPS) is 10.9. The number of carbonyl (C=O) groups is 2. The zero-order valence-corrected chi connectivity index (χ0v) is 21.8. The number of hydrogen-bond acceptors (Lipinski definition) is 6. The van der Waals surface area contributed by atoms with Crippen LogP contribution < -0.4 is 5.32 Å². The highest BCUT2D eigenvalue weighted by Gasteiger charge is 2.21. The molecule has 3 aromatic carbocycles. The van der Waals surface area contributed by atoms with Crippen LogP contribution in [0.3, 0.4) is 0 Å². The van der Waals surface area contributed by atoms with Crippen LogP contribution in [0.2, 0.25) is 0 Å². The number of rotatable bonds is 7. The van der Waals surface area contributed by atoms with Gasteiger partial charge >= 0.3 is 0 Å². The lowest BCUT2D eigenvalue weighted by atomic mass is 10.1. The van der Waals surface area contributed by atoms with Crippen LogP contribution >= 0.6 is 27.7 Å². The number of halogens is 1. The Morgan fingerprint density at radius 3 is 2.60 bits per heavy atom. The summed E-state index contributed by atoms with van der Waals surface area (Å²) in [5, 5.41) is 22.6. The molecule has 1 amide bonds. The van der Waals surface area contributed by atoms with E-state index >= 15 is 0 Å². The number of Topliss-reactive ketones (excluding diaryl/α,β-unsaturated/α-hetero) is 1. The van der Waals surface area contributed by atoms with Gasteiger partial charge in [-0.25, -0.2) is 0 Å². The SMILES string of the molecule is CC(=O)c1cccc(NC(=O)CSc2nnc(-c3cc(Br)ccc3O)n2-c2ccc(C)cc2C)c1. The Kier molecular flexibility index (Phi) is 7.37. The number of hydrogen-bond donors (Lipinski definition) is 2. The fourth-order valence-electron chi connectivity index (χ4n) is 3.64. The number of amides is 1. The number of anilines is 1. The maximum absolute atomic E-state index is 12.7. The van der Waals surface area contributed by atoms with Gasteiger partial charge in [-0.1, -0.05) is 57.5 Å². The third-order valence-corrected chi connectivity index (χ3v) is 6.73.